The lowest BCUT2D eigenvalue weighted by Crippen LogP contribution is -2.61. The van der Waals surface area contributed by atoms with E-state index in [1.165, 1.54) is 0 Å². The summed E-state index contributed by atoms with van der Waals surface area (Å²) in [6, 6.07) is 0. The Kier molecular flexibility index (Phi) is 15.8. The molecule has 0 bridgehead atoms. The molecule has 1 saturated heterocycles. The molecule has 1 heterocycles. The van der Waals surface area contributed by atoms with Crippen LogP contribution in [0.15, 0.2) is 9.98 Å². The number of nitrogens with zero attached hydrogens (tertiary/aromatic N) is 3. The van der Waals surface area contributed by atoms with E-state index in [4.69, 9.17) is 32.4 Å². The molecular formula is C20H44N8O10. The third kappa shape index (κ3) is 11.4. The van der Waals surface area contributed by atoms with Gasteiger partial charge in [0.15, 0.2) is 18.2 Å². The number of aliphatic hydroxyl groups excluding tert-OH is 8. The van der Waals surface area contributed by atoms with Crippen molar-refractivity contribution in [3.05, 3.63) is 0 Å². The van der Waals surface area contributed by atoms with Crippen LogP contribution in [0.1, 0.15) is 0 Å². The van der Waals surface area contributed by atoms with E-state index in [9.17, 15) is 40.9 Å². The summed E-state index contributed by atoms with van der Waals surface area (Å²) in [7, 11) is 0. The summed E-state index contributed by atoms with van der Waals surface area (Å²) in [5.41, 5.74) is 21.4. The average Bonchev–Trinajstić information content (AvgIpc) is 2.87. The highest BCUT2D eigenvalue weighted by atomic mass is 16.7. The van der Waals surface area contributed by atoms with Gasteiger partial charge >= 0.3 is 0 Å². The molecular weight excluding hydrogens is 512 g/mol. The third-order valence-corrected chi connectivity index (χ3v) is 5.82. The molecule has 0 radical (unpaired) electrons. The van der Waals surface area contributed by atoms with Crippen molar-refractivity contribution in [1.82, 2.24) is 10.2 Å². The highest BCUT2D eigenvalue weighted by Crippen LogP contribution is 2.24. The molecule has 1 aliphatic rings. The van der Waals surface area contributed by atoms with Gasteiger partial charge in [-0.05, 0) is 0 Å². The first kappa shape index (κ1) is 34.1. The largest absolute Gasteiger partial charge is 0.394 e. The van der Waals surface area contributed by atoms with Crippen LogP contribution in [0.4, 0.5) is 0 Å². The topological polar surface area (TPSA) is 324 Å². The normalized spacial score (nSPS) is 26.9. The fourth-order valence-corrected chi connectivity index (χ4v) is 3.64. The predicted octanol–water partition coefficient (Wildman–Crippen LogP) is -8.32. The summed E-state index contributed by atoms with van der Waals surface area (Å²) in [6.45, 7) is 0.695. The number of guanidine groups is 2. The van der Waals surface area contributed by atoms with Crippen molar-refractivity contribution in [2.45, 2.75) is 55.1 Å². The zero-order valence-electron chi connectivity index (χ0n) is 21.1. The second-order valence-electron chi connectivity index (χ2n) is 8.76. The van der Waals surface area contributed by atoms with Crippen LogP contribution in [0, 0.1) is 0 Å². The fraction of sp³-hybridized carbons (Fsp3) is 0.900. The first-order valence-corrected chi connectivity index (χ1v) is 12.1. The minimum atomic E-state index is -1.81. The number of nitrogens with two attached hydrogens (primary N) is 4. The van der Waals surface area contributed by atoms with E-state index in [0.717, 1.165) is 0 Å². The van der Waals surface area contributed by atoms with Crippen molar-refractivity contribution in [3.8, 4) is 0 Å². The summed E-state index contributed by atoms with van der Waals surface area (Å²) < 4.78 is 10.6. The molecule has 38 heavy (non-hydrogen) atoms. The van der Waals surface area contributed by atoms with E-state index in [-0.39, 0.29) is 18.5 Å². The summed E-state index contributed by atoms with van der Waals surface area (Å²) in [5, 5.41) is 82.8. The number of rotatable bonds is 18. The monoisotopic (exact) mass is 556 g/mol. The Balaban J connectivity index is 2.69. The number of hydrogen-bond donors (Lipinski definition) is 13. The first-order chi connectivity index (χ1) is 17.9. The molecule has 0 aliphatic carbocycles. The van der Waals surface area contributed by atoms with Crippen LogP contribution in [0.5, 0.6) is 0 Å². The van der Waals surface area contributed by atoms with E-state index in [1.807, 2.05) is 4.90 Å². The Bertz CT molecular complexity index is 691. The van der Waals surface area contributed by atoms with Gasteiger partial charge in [-0.25, -0.2) is 0 Å². The molecule has 9 atom stereocenters. The quantitative estimate of drug-likeness (QED) is 0.0423. The lowest BCUT2D eigenvalue weighted by Gasteiger charge is -2.42. The maximum absolute atomic E-state index is 10.6. The van der Waals surface area contributed by atoms with Crippen LogP contribution >= 0.6 is 0 Å². The summed E-state index contributed by atoms with van der Waals surface area (Å²) in [5.74, 6) is -0.0927. The molecule has 1 rings (SSSR count). The molecule has 224 valence electrons. The van der Waals surface area contributed by atoms with E-state index in [0.29, 0.717) is 39.3 Å². The van der Waals surface area contributed by atoms with Gasteiger partial charge in [-0.3, -0.25) is 14.9 Å². The molecule has 1 fully saturated rings. The van der Waals surface area contributed by atoms with Crippen molar-refractivity contribution in [1.29, 1.82) is 0 Å². The Morgan fingerprint density at radius 3 is 1.95 bits per heavy atom. The van der Waals surface area contributed by atoms with Gasteiger partial charge < -0.3 is 78.6 Å². The number of ether oxygens (including phenoxy) is 2. The van der Waals surface area contributed by atoms with Crippen LogP contribution < -0.4 is 28.3 Å². The lowest BCUT2D eigenvalue weighted by atomic mass is 9.98. The van der Waals surface area contributed by atoms with Crippen molar-refractivity contribution in [2.24, 2.45) is 32.9 Å². The van der Waals surface area contributed by atoms with Gasteiger partial charge in [0.25, 0.3) is 0 Å². The molecule has 1 aliphatic heterocycles. The zero-order chi connectivity index (χ0) is 28.8. The van der Waals surface area contributed by atoms with E-state index in [1.54, 1.807) is 0 Å². The Morgan fingerprint density at radius 1 is 0.868 bits per heavy atom. The van der Waals surface area contributed by atoms with Crippen LogP contribution in [0.25, 0.3) is 0 Å². The SMILES string of the molecule is NC(N)=NCCN(CCN=C(N)N)CCNCC(O)C(O)C(O[C@@H]1OC(CO)[C@H](O)[C@@H](O)C1O)C(O)CO. The van der Waals surface area contributed by atoms with Gasteiger partial charge in [-0.1, -0.05) is 0 Å². The Morgan fingerprint density at radius 2 is 1.45 bits per heavy atom. The third-order valence-electron chi connectivity index (χ3n) is 5.82. The van der Waals surface area contributed by atoms with Gasteiger partial charge in [0.2, 0.25) is 0 Å². The van der Waals surface area contributed by atoms with Crippen molar-refractivity contribution in [2.75, 3.05) is 59.0 Å². The molecule has 6 unspecified atom stereocenters. The van der Waals surface area contributed by atoms with Gasteiger partial charge in [0, 0.05) is 32.7 Å². The molecule has 0 amide bonds. The number of hydrogen-bond acceptors (Lipinski definition) is 14. The molecule has 0 saturated carbocycles. The minimum absolute atomic E-state index is 0.0463. The Hall–Kier alpha value is -1.94. The molecule has 18 nitrogen and oxygen atoms in total. The predicted molar refractivity (Wildman–Crippen MR) is 134 cm³/mol. The van der Waals surface area contributed by atoms with Crippen LogP contribution in [0.2, 0.25) is 0 Å². The molecule has 0 aromatic rings. The summed E-state index contributed by atoms with van der Waals surface area (Å²) in [4.78, 5) is 9.81. The van der Waals surface area contributed by atoms with Gasteiger partial charge in [0.05, 0.1) is 32.4 Å². The van der Waals surface area contributed by atoms with E-state index < -0.39 is 68.3 Å². The minimum Gasteiger partial charge on any atom is -0.394 e. The van der Waals surface area contributed by atoms with E-state index in [2.05, 4.69) is 15.3 Å². The summed E-state index contributed by atoms with van der Waals surface area (Å²) >= 11 is 0. The standard InChI is InChI=1S/C20H44N8O10/c21-19(22)26-2-5-28(6-3-27-20(23)24)4-1-25-7-10(31)13(33)17(11(32)8-29)38-18-16(36)15(35)14(34)12(9-30)37-18/h10-18,25,29-36H,1-9H2,(H4,21,22,26)(H4,23,24,27)/t10?,11?,12?,13?,14-,15+,16?,17?,18-/m0/s1. The smallest absolute Gasteiger partial charge is 0.187 e. The molecule has 0 spiro atoms. The maximum atomic E-state index is 10.6. The van der Waals surface area contributed by atoms with Crippen molar-refractivity contribution in [3.63, 3.8) is 0 Å². The van der Waals surface area contributed by atoms with Crippen molar-refractivity contribution < 1.29 is 50.3 Å². The molecule has 18 heteroatoms. The second-order valence-corrected chi connectivity index (χ2v) is 8.76. The van der Waals surface area contributed by atoms with Crippen LogP contribution in [-0.2, 0) is 9.47 Å². The van der Waals surface area contributed by atoms with Gasteiger partial charge in [0.1, 0.15) is 42.7 Å². The fourth-order valence-electron chi connectivity index (χ4n) is 3.64. The van der Waals surface area contributed by atoms with E-state index >= 15 is 0 Å². The Labute approximate surface area is 220 Å². The number of nitrogens with one attached hydrogen (secondary N) is 1. The second kappa shape index (κ2) is 17.6. The maximum Gasteiger partial charge on any atom is 0.187 e. The lowest BCUT2D eigenvalue weighted by molar-refractivity contribution is -0.327. The summed E-state index contributed by atoms with van der Waals surface area (Å²) in [6.07, 6.45) is -14.9. The van der Waals surface area contributed by atoms with Gasteiger partial charge in [-0.2, -0.15) is 0 Å². The zero-order valence-corrected chi connectivity index (χ0v) is 21.1. The van der Waals surface area contributed by atoms with Gasteiger partial charge in [-0.15, -0.1) is 0 Å². The first-order valence-electron chi connectivity index (χ1n) is 12.1. The molecule has 0 aromatic heterocycles. The molecule has 0 aromatic carbocycles. The molecule has 17 N–H and O–H groups in total. The highest BCUT2D eigenvalue weighted by molar-refractivity contribution is 5.75. The highest BCUT2D eigenvalue weighted by Gasteiger charge is 2.46. The van der Waals surface area contributed by atoms with Crippen molar-refractivity contribution >= 4 is 11.9 Å². The average molecular weight is 557 g/mol. The van der Waals surface area contributed by atoms with Crippen LogP contribution in [-0.4, -0.2) is 172 Å². The van der Waals surface area contributed by atoms with Crippen LogP contribution in [0.3, 0.4) is 0 Å². The number of aliphatic hydroxyl groups is 8. The number of aliphatic imine (C=N–C) groups is 2.